The fourth-order valence-electron chi connectivity index (χ4n) is 1.79. The fourth-order valence-corrected chi connectivity index (χ4v) is 1.79. The first-order valence-electron chi connectivity index (χ1n) is 4.75. The number of nitrogens with zero attached hydrogens (tertiary/aromatic N) is 1. The van der Waals surface area contributed by atoms with Gasteiger partial charge in [0, 0.05) is 0 Å². The third-order valence-corrected chi connectivity index (χ3v) is 2.46. The Balaban J connectivity index is 2.54. The standard InChI is InChI=1S/C9H15F2NO2/c1-14-9(13)7-4-2-3-5-12(7)6-8(10)11/h7-8H,2-6H2,1H3/t7-/m1/s1. The normalized spacial score (nSPS) is 23.9. The summed E-state index contributed by atoms with van der Waals surface area (Å²) in [6, 6.07) is -0.470. The maximum Gasteiger partial charge on any atom is 0.323 e. The first-order valence-corrected chi connectivity index (χ1v) is 4.75. The Labute approximate surface area is 82.0 Å². The van der Waals surface area contributed by atoms with Crippen LogP contribution in [0.2, 0.25) is 0 Å². The molecule has 0 amide bonds. The molecule has 1 fully saturated rings. The minimum Gasteiger partial charge on any atom is -0.468 e. The molecule has 0 bridgehead atoms. The Bertz CT molecular complexity index is 199. The van der Waals surface area contributed by atoms with E-state index in [1.54, 1.807) is 0 Å². The average Bonchev–Trinajstić information content (AvgIpc) is 2.16. The van der Waals surface area contributed by atoms with E-state index < -0.39 is 18.4 Å². The highest BCUT2D eigenvalue weighted by Crippen LogP contribution is 2.18. The Morgan fingerprint density at radius 1 is 1.57 bits per heavy atom. The molecule has 1 saturated heterocycles. The SMILES string of the molecule is COC(=O)[C@H]1CCCCN1CC(F)F. The van der Waals surface area contributed by atoms with E-state index in [2.05, 4.69) is 4.74 Å². The van der Waals surface area contributed by atoms with Crippen molar-refractivity contribution in [1.29, 1.82) is 0 Å². The molecule has 1 aliphatic heterocycles. The highest BCUT2D eigenvalue weighted by atomic mass is 19.3. The maximum absolute atomic E-state index is 12.2. The largest absolute Gasteiger partial charge is 0.468 e. The zero-order valence-corrected chi connectivity index (χ0v) is 8.21. The topological polar surface area (TPSA) is 29.5 Å². The van der Waals surface area contributed by atoms with E-state index in [9.17, 15) is 13.6 Å². The first-order chi connectivity index (χ1) is 6.65. The molecule has 0 spiro atoms. The number of ether oxygens (including phenoxy) is 1. The predicted molar refractivity (Wildman–Crippen MR) is 47.2 cm³/mol. The molecule has 0 N–H and O–H groups in total. The summed E-state index contributed by atoms with van der Waals surface area (Å²) < 4.78 is 28.9. The Hall–Kier alpha value is -0.710. The summed E-state index contributed by atoms with van der Waals surface area (Å²) in [4.78, 5) is 12.8. The van der Waals surface area contributed by atoms with Crippen LogP contribution in [0, 0.1) is 0 Å². The Morgan fingerprint density at radius 3 is 2.86 bits per heavy atom. The van der Waals surface area contributed by atoms with Crippen LogP contribution in [0.3, 0.4) is 0 Å². The number of hydrogen-bond donors (Lipinski definition) is 0. The number of likely N-dealkylation sites (tertiary alicyclic amines) is 1. The van der Waals surface area contributed by atoms with Crippen molar-refractivity contribution < 1.29 is 18.3 Å². The quantitative estimate of drug-likeness (QED) is 0.653. The monoisotopic (exact) mass is 207 g/mol. The smallest absolute Gasteiger partial charge is 0.323 e. The van der Waals surface area contributed by atoms with Gasteiger partial charge in [0.1, 0.15) is 6.04 Å². The molecule has 0 saturated carbocycles. The molecular formula is C9H15F2NO2. The second-order valence-corrected chi connectivity index (χ2v) is 3.42. The molecule has 0 unspecified atom stereocenters. The molecule has 0 aromatic rings. The second kappa shape index (κ2) is 5.24. The molecule has 3 nitrogen and oxygen atoms in total. The third-order valence-electron chi connectivity index (χ3n) is 2.46. The highest BCUT2D eigenvalue weighted by Gasteiger charge is 2.30. The van der Waals surface area contributed by atoms with Crippen LogP contribution in [0.25, 0.3) is 0 Å². The van der Waals surface area contributed by atoms with E-state index in [0.717, 1.165) is 12.8 Å². The summed E-state index contributed by atoms with van der Waals surface area (Å²) in [7, 11) is 1.29. The van der Waals surface area contributed by atoms with Crippen molar-refractivity contribution in [3.05, 3.63) is 0 Å². The third kappa shape index (κ3) is 2.90. The summed E-state index contributed by atoms with van der Waals surface area (Å²) in [6.45, 7) is 0.226. The van der Waals surface area contributed by atoms with Crippen LogP contribution in [0.1, 0.15) is 19.3 Å². The lowest BCUT2D eigenvalue weighted by atomic mass is 10.0. The first kappa shape index (κ1) is 11.4. The molecule has 5 heteroatoms. The van der Waals surface area contributed by atoms with Gasteiger partial charge in [-0.25, -0.2) is 8.78 Å². The number of alkyl halides is 2. The number of esters is 1. The lowest BCUT2D eigenvalue weighted by Gasteiger charge is -2.33. The van der Waals surface area contributed by atoms with Crippen molar-refractivity contribution in [2.45, 2.75) is 31.7 Å². The predicted octanol–water partition coefficient (Wildman–Crippen LogP) is 1.28. The minimum absolute atomic E-state index is 0.334. The molecule has 1 atom stereocenters. The van der Waals surface area contributed by atoms with Gasteiger partial charge in [-0.15, -0.1) is 0 Å². The number of carbonyl (C=O) groups is 1. The Kier molecular flexibility index (Phi) is 4.25. The number of rotatable bonds is 3. The summed E-state index contributed by atoms with van der Waals surface area (Å²) in [5.41, 5.74) is 0. The van der Waals surface area contributed by atoms with Gasteiger partial charge < -0.3 is 4.74 Å². The van der Waals surface area contributed by atoms with E-state index in [1.807, 2.05) is 0 Å². The van der Waals surface area contributed by atoms with Gasteiger partial charge >= 0.3 is 5.97 Å². The zero-order chi connectivity index (χ0) is 10.6. The number of hydrogen-bond acceptors (Lipinski definition) is 3. The summed E-state index contributed by atoms with van der Waals surface area (Å²) in [5.74, 6) is -0.398. The van der Waals surface area contributed by atoms with Crippen molar-refractivity contribution in [3.63, 3.8) is 0 Å². The second-order valence-electron chi connectivity index (χ2n) is 3.42. The van der Waals surface area contributed by atoms with Crippen LogP contribution in [-0.4, -0.2) is 43.5 Å². The van der Waals surface area contributed by atoms with Gasteiger partial charge in [0.05, 0.1) is 13.7 Å². The van der Waals surface area contributed by atoms with Crippen molar-refractivity contribution in [2.24, 2.45) is 0 Å². The number of methoxy groups -OCH3 is 1. The Morgan fingerprint density at radius 2 is 2.29 bits per heavy atom. The van der Waals surface area contributed by atoms with Crippen molar-refractivity contribution >= 4 is 5.97 Å². The maximum atomic E-state index is 12.2. The van der Waals surface area contributed by atoms with Crippen molar-refractivity contribution in [1.82, 2.24) is 4.90 Å². The molecule has 0 aromatic heterocycles. The molecule has 0 aromatic carbocycles. The van der Waals surface area contributed by atoms with Gasteiger partial charge in [-0.2, -0.15) is 0 Å². The fraction of sp³-hybridized carbons (Fsp3) is 0.889. The summed E-state index contributed by atoms with van der Waals surface area (Å²) in [5, 5.41) is 0. The number of halogens is 2. The molecular weight excluding hydrogens is 192 g/mol. The molecule has 0 aliphatic carbocycles. The summed E-state index contributed by atoms with van der Waals surface area (Å²) >= 11 is 0. The molecule has 1 heterocycles. The van der Waals surface area contributed by atoms with Crippen molar-refractivity contribution in [2.75, 3.05) is 20.2 Å². The number of piperidine rings is 1. The van der Waals surface area contributed by atoms with Gasteiger partial charge in [-0.3, -0.25) is 9.69 Å². The van der Waals surface area contributed by atoms with Crippen LogP contribution in [-0.2, 0) is 9.53 Å². The van der Waals surface area contributed by atoms with Crippen LogP contribution < -0.4 is 0 Å². The van der Waals surface area contributed by atoms with Gasteiger partial charge in [0.15, 0.2) is 0 Å². The van der Waals surface area contributed by atoms with Gasteiger partial charge in [-0.1, -0.05) is 6.42 Å². The van der Waals surface area contributed by atoms with E-state index in [-0.39, 0.29) is 6.54 Å². The van der Waals surface area contributed by atoms with E-state index in [0.29, 0.717) is 13.0 Å². The number of carbonyl (C=O) groups excluding carboxylic acids is 1. The lowest BCUT2D eigenvalue weighted by Crippen LogP contribution is -2.47. The average molecular weight is 207 g/mol. The van der Waals surface area contributed by atoms with Crippen LogP contribution >= 0.6 is 0 Å². The summed E-state index contributed by atoms with van der Waals surface area (Å²) in [6.07, 6.45) is 0.0132. The lowest BCUT2D eigenvalue weighted by molar-refractivity contribution is -0.149. The molecule has 1 rings (SSSR count). The van der Waals surface area contributed by atoms with E-state index in [4.69, 9.17) is 0 Å². The van der Waals surface area contributed by atoms with E-state index >= 15 is 0 Å². The van der Waals surface area contributed by atoms with Crippen molar-refractivity contribution in [3.8, 4) is 0 Å². The minimum atomic E-state index is -2.39. The van der Waals surface area contributed by atoms with Crippen LogP contribution in [0.5, 0.6) is 0 Å². The zero-order valence-electron chi connectivity index (χ0n) is 8.21. The van der Waals surface area contributed by atoms with Crippen LogP contribution in [0.15, 0.2) is 0 Å². The molecule has 14 heavy (non-hydrogen) atoms. The van der Waals surface area contributed by atoms with Gasteiger partial charge in [0.25, 0.3) is 6.43 Å². The van der Waals surface area contributed by atoms with E-state index in [1.165, 1.54) is 12.0 Å². The van der Waals surface area contributed by atoms with Crippen LogP contribution in [0.4, 0.5) is 8.78 Å². The molecule has 82 valence electrons. The van der Waals surface area contributed by atoms with Gasteiger partial charge in [-0.05, 0) is 19.4 Å². The molecule has 1 aliphatic rings. The molecule has 0 radical (unpaired) electrons. The highest BCUT2D eigenvalue weighted by molar-refractivity contribution is 5.75. The van der Waals surface area contributed by atoms with Gasteiger partial charge in [0.2, 0.25) is 0 Å².